The maximum absolute atomic E-state index is 9.95. The van der Waals surface area contributed by atoms with Gasteiger partial charge >= 0.3 is 0 Å². The average Bonchev–Trinajstić information content (AvgIpc) is 2.40. The van der Waals surface area contributed by atoms with E-state index in [1.54, 1.807) is 6.08 Å². The summed E-state index contributed by atoms with van der Waals surface area (Å²) in [6, 6.07) is 10.3. The van der Waals surface area contributed by atoms with Crippen molar-refractivity contribution in [3.05, 3.63) is 48.6 Å². The highest BCUT2D eigenvalue weighted by molar-refractivity contribution is 5.14. The summed E-state index contributed by atoms with van der Waals surface area (Å²) < 4.78 is 5.28. The monoisotopic (exact) mass is 263 g/mol. The SMILES string of the molecule is C=CCOCC(O)CN(CCC)Cc1ccccc1. The van der Waals surface area contributed by atoms with Gasteiger partial charge < -0.3 is 9.84 Å². The van der Waals surface area contributed by atoms with E-state index in [1.807, 2.05) is 18.2 Å². The van der Waals surface area contributed by atoms with E-state index >= 15 is 0 Å². The van der Waals surface area contributed by atoms with E-state index in [4.69, 9.17) is 4.74 Å². The molecule has 0 radical (unpaired) electrons. The van der Waals surface area contributed by atoms with E-state index in [2.05, 4.69) is 30.5 Å². The minimum Gasteiger partial charge on any atom is -0.389 e. The van der Waals surface area contributed by atoms with Gasteiger partial charge in [-0.05, 0) is 18.5 Å². The molecule has 1 unspecified atom stereocenters. The highest BCUT2D eigenvalue weighted by Gasteiger charge is 2.11. The van der Waals surface area contributed by atoms with Gasteiger partial charge in [-0.25, -0.2) is 0 Å². The lowest BCUT2D eigenvalue weighted by molar-refractivity contribution is 0.0246. The highest BCUT2D eigenvalue weighted by Crippen LogP contribution is 2.06. The Labute approximate surface area is 116 Å². The summed E-state index contributed by atoms with van der Waals surface area (Å²) in [5.41, 5.74) is 1.27. The summed E-state index contributed by atoms with van der Waals surface area (Å²) in [5, 5.41) is 9.95. The van der Waals surface area contributed by atoms with E-state index in [0.29, 0.717) is 19.8 Å². The maximum Gasteiger partial charge on any atom is 0.0900 e. The minimum atomic E-state index is -0.449. The van der Waals surface area contributed by atoms with Gasteiger partial charge in [0.25, 0.3) is 0 Å². The molecule has 0 fully saturated rings. The molecule has 0 aliphatic carbocycles. The van der Waals surface area contributed by atoms with Gasteiger partial charge in [0.15, 0.2) is 0 Å². The van der Waals surface area contributed by atoms with Crippen LogP contribution >= 0.6 is 0 Å². The Balaban J connectivity index is 2.41. The second-order valence-electron chi connectivity index (χ2n) is 4.70. The van der Waals surface area contributed by atoms with Crippen molar-refractivity contribution in [3.8, 4) is 0 Å². The van der Waals surface area contributed by atoms with Crippen molar-refractivity contribution in [1.82, 2.24) is 4.90 Å². The van der Waals surface area contributed by atoms with Crippen molar-refractivity contribution in [1.29, 1.82) is 0 Å². The molecule has 3 nitrogen and oxygen atoms in total. The molecule has 0 aliphatic rings. The third kappa shape index (κ3) is 7.11. The lowest BCUT2D eigenvalue weighted by Gasteiger charge is -2.24. The van der Waals surface area contributed by atoms with Crippen LogP contribution in [-0.2, 0) is 11.3 Å². The zero-order chi connectivity index (χ0) is 13.9. The number of aliphatic hydroxyl groups excluding tert-OH is 1. The Morgan fingerprint density at radius 3 is 2.74 bits per heavy atom. The smallest absolute Gasteiger partial charge is 0.0900 e. The van der Waals surface area contributed by atoms with Gasteiger partial charge in [-0.1, -0.05) is 43.3 Å². The number of nitrogens with zero attached hydrogens (tertiary/aromatic N) is 1. The molecule has 0 aromatic heterocycles. The molecular formula is C16H25NO2. The van der Waals surface area contributed by atoms with E-state index in [0.717, 1.165) is 19.5 Å². The lowest BCUT2D eigenvalue weighted by atomic mass is 10.2. The summed E-state index contributed by atoms with van der Waals surface area (Å²) in [4.78, 5) is 2.26. The Kier molecular flexibility index (Phi) is 8.14. The molecule has 106 valence electrons. The first-order chi connectivity index (χ1) is 9.26. The van der Waals surface area contributed by atoms with Crippen LogP contribution in [0.5, 0.6) is 0 Å². The first-order valence-electron chi connectivity index (χ1n) is 6.89. The number of ether oxygens (including phenoxy) is 1. The van der Waals surface area contributed by atoms with Crippen LogP contribution in [0.3, 0.4) is 0 Å². The molecule has 0 spiro atoms. The van der Waals surface area contributed by atoms with E-state index < -0.39 is 6.10 Å². The van der Waals surface area contributed by atoms with Gasteiger partial charge in [-0.2, -0.15) is 0 Å². The van der Waals surface area contributed by atoms with Crippen molar-refractivity contribution >= 4 is 0 Å². The summed E-state index contributed by atoms with van der Waals surface area (Å²) >= 11 is 0. The molecule has 1 rings (SSSR count). The Morgan fingerprint density at radius 2 is 2.11 bits per heavy atom. The number of hydrogen-bond acceptors (Lipinski definition) is 3. The minimum absolute atomic E-state index is 0.362. The summed E-state index contributed by atoms with van der Waals surface area (Å²) in [7, 11) is 0. The fourth-order valence-electron chi connectivity index (χ4n) is 2.03. The second kappa shape index (κ2) is 9.73. The molecule has 0 amide bonds. The largest absolute Gasteiger partial charge is 0.389 e. The third-order valence-electron chi connectivity index (χ3n) is 2.80. The molecule has 1 N–H and O–H groups in total. The van der Waals surface area contributed by atoms with Crippen molar-refractivity contribution in [2.24, 2.45) is 0 Å². The van der Waals surface area contributed by atoms with Gasteiger partial charge in [0, 0.05) is 13.1 Å². The number of rotatable bonds is 10. The van der Waals surface area contributed by atoms with Gasteiger partial charge in [0.1, 0.15) is 0 Å². The molecule has 1 aromatic rings. The van der Waals surface area contributed by atoms with Crippen molar-refractivity contribution in [2.45, 2.75) is 26.0 Å². The van der Waals surface area contributed by atoms with Crippen LogP contribution in [-0.4, -0.2) is 42.4 Å². The topological polar surface area (TPSA) is 32.7 Å². The van der Waals surface area contributed by atoms with Crippen LogP contribution in [0.1, 0.15) is 18.9 Å². The fraction of sp³-hybridized carbons (Fsp3) is 0.500. The summed E-state index contributed by atoms with van der Waals surface area (Å²) in [5.74, 6) is 0. The molecule has 0 heterocycles. The van der Waals surface area contributed by atoms with Crippen molar-refractivity contribution in [3.63, 3.8) is 0 Å². The zero-order valence-corrected chi connectivity index (χ0v) is 11.8. The second-order valence-corrected chi connectivity index (χ2v) is 4.70. The van der Waals surface area contributed by atoms with Gasteiger partial charge in [0.05, 0.1) is 19.3 Å². The molecule has 0 aliphatic heterocycles. The van der Waals surface area contributed by atoms with Crippen molar-refractivity contribution < 1.29 is 9.84 Å². The van der Waals surface area contributed by atoms with Crippen molar-refractivity contribution in [2.75, 3.05) is 26.3 Å². The average molecular weight is 263 g/mol. The number of benzene rings is 1. The molecule has 0 saturated carbocycles. The lowest BCUT2D eigenvalue weighted by Crippen LogP contribution is -2.35. The van der Waals surface area contributed by atoms with Gasteiger partial charge in [-0.3, -0.25) is 4.90 Å². The fourth-order valence-corrected chi connectivity index (χ4v) is 2.03. The van der Waals surface area contributed by atoms with E-state index in [1.165, 1.54) is 5.56 Å². The molecule has 1 atom stereocenters. The first kappa shape index (κ1) is 15.9. The molecule has 0 bridgehead atoms. The Morgan fingerprint density at radius 1 is 1.37 bits per heavy atom. The standard InChI is InChI=1S/C16H25NO2/c1-3-10-17(12-15-8-6-5-7-9-15)13-16(18)14-19-11-4-2/h4-9,16,18H,2-3,10-14H2,1H3. The zero-order valence-electron chi connectivity index (χ0n) is 11.8. The summed E-state index contributed by atoms with van der Waals surface area (Å²) in [6.45, 7) is 9.08. The van der Waals surface area contributed by atoms with E-state index in [9.17, 15) is 5.11 Å². The third-order valence-corrected chi connectivity index (χ3v) is 2.80. The first-order valence-corrected chi connectivity index (χ1v) is 6.89. The molecule has 0 saturated heterocycles. The van der Waals surface area contributed by atoms with Crippen LogP contribution in [0.4, 0.5) is 0 Å². The molecular weight excluding hydrogens is 238 g/mol. The molecule has 3 heteroatoms. The normalized spacial score (nSPS) is 12.6. The number of aliphatic hydroxyl groups is 1. The predicted octanol–water partition coefficient (Wildman–Crippen LogP) is 2.46. The van der Waals surface area contributed by atoms with Gasteiger partial charge in [-0.15, -0.1) is 6.58 Å². The van der Waals surface area contributed by atoms with Crippen LogP contribution in [0.2, 0.25) is 0 Å². The van der Waals surface area contributed by atoms with Crippen LogP contribution in [0, 0.1) is 0 Å². The van der Waals surface area contributed by atoms with Crippen LogP contribution < -0.4 is 0 Å². The molecule has 19 heavy (non-hydrogen) atoms. The highest BCUT2D eigenvalue weighted by atomic mass is 16.5. The van der Waals surface area contributed by atoms with E-state index in [-0.39, 0.29) is 0 Å². The van der Waals surface area contributed by atoms with Crippen LogP contribution in [0.15, 0.2) is 43.0 Å². The summed E-state index contributed by atoms with van der Waals surface area (Å²) in [6.07, 6.45) is 2.32. The quantitative estimate of drug-likeness (QED) is 0.520. The molecule has 1 aromatic carbocycles. The van der Waals surface area contributed by atoms with Gasteiger partial charge in [0.2, 0.25) is 0 Å². The maximum atomic E-state index is 9.95. The van der Waals surface area contributed by atoms with Crippen LogP contribution in [0.25, 0.3) is 0 Å². The Bertz CT molecular complexity index is 340. The Hall–Kier alpha value is -1.16. The predicted molar refractivity (Wildman–Crippen MR) is 79.0 cm³/mol. The number of hydrogen-bond donors (Lipinski definition) is 1.